The molecule has 0 bridgehead atoms. The lowest BCUT2D eigenvalue weighted by atomic mass is 10.0. The van der Waals surface area contributed by atoms with Crippen molar-refractivity contribution in [2.24, 2.45) is 0 Å². The van der Waals surface area contributed by atoms with E-state index in [1.807, 2.05) is 30.3 Å². The van der Waals surface area contributed by atoms with Crippen molar-refractivity contribution in [2.75, 3.05) is 5.32 Å². The minimum atomic E-state index is -0.687. The van der Waals surface area contributed by atoms with E-state index in [1.165, 1.54) is 18.6 Å². The molecule has 2 amide bonds. The number of amides is 2. The predicted octanol–water partition coefficient (Wildman–Crippen LogP) is 5.07. The third kappa shape index (κ3) is 7.71. The minimum Gasteiger partial charge on any atom is -0.481 e. The first kappa shape index (κ1) is 25.5. The zero-order valence-corrected chi connectivity index (χ0v) is 20.3. The second kappa shape index (κ2) is 11.8. The molecule has 0 fully saturated rings. The molecule has 1 unspecified atom stereocenters. The van der Waals surface area contributed by atoms with Crippen molar-refractivity contribution in [2.45, 2.75) is 46.3 Å². The van der Waals surface area contributed by atoms with Crippen LogP contribution in [0.1, 0.15) is 55.1 Å². The van der Waals surface area contributed by atoms with Crippen molar-refractivity contribution in [3.8, 4) is 11.5 Å². The number of nitrogens with one attached hydrogen (secondary N) is 2. The molecule has 0 aliphatic heterocycles. The lowest BCUT2D eigenvalue weighted by Gasteiger charge is -2.16. The van der Waals surface area contributed by atoms with Gasteiger partial charge in [-0.1, -0.05) is 44.2 Å². The van der Waals surface area contributed by atoms with Crippen LogP contribution in [0.2, 0.25) is 0 Å². The first-order valence-electron chi connectivity index (χ1n) is 11.4. The van der Waals surface area contributed by atoms with Crippen LogP contribution in [0, 0.1) is 0 Å². The zero-order valence-electron chi connectivity index (χ0n) is 20.3. The topological polar surface area (TPSA) is 93.7 Å². The van der Waals surface area contributed by atoms with Crippen LogP contribution >= 0.6 is 0 Å². The summed E-state index contributed by atoms with van der Waals surface area (Å²) in [6.07, 6.45) is -0.687. The smallest absolute Gasteiger partial charge is 0.308 e. The normalized spacial score (nSPS) is 11.5. The maximum atomic E-state index is 12.6. The van der Waals surface area contributed by atoms with Crippen LogP contribution in [-0.2, 0) is 16.1 Å². The molecule has 0 radical (unpaired) electrons. The van der Waals surface area contributed by atoms with E-state index in [0.717, 1.165) is 5.56 Å². The fourth-order valence-electron chi connectivity index (χ4n) is 3.34. The molecule has 3 aromatic carbocycles. The molecule has 0 saturated carbocycles. The largest absolute Gasteiger partial charge is 0.481 e. The number of esters is 1. The van der Waals surface area contributed by atoms with Crippen LogP contribution in [0.3, 0.4) is 0 Å². The van der Waals surface area contributed by atoms with Crippen molar-refractivity contribution >= 4 is 23.5 Å². The molecule has 7 nitrogen and oxygen atoms in total. The van der Waals surface area contributed by atoms with Gasteiger partial charge < -0.3 is 20.1 Å². The Morgan fingerprint density at radius 3 is 2.26 bits per heavy atom. The van der Waals surface area contributed by atoms with Gasteiger partial charge in [0, 0.05) is 24.7 Å². The fourth-order valence-corrected chi connectivity index (χ4v) is 3.34. The third-order valence-corrected chi connectivity index (χ3v) is 5.23. The van der Waals surface area contributed by atoms with Crippen LogP contribution in [0.15, 0.2) is 72.8 Å². The van der Waals surface area contributed by atoms with Crippen molar-refractivity contribution in [3.63, 3.8) is 0 Å². The highest BCUT2D eigenvalue weighted by molar-refractivity contribution is 5.95. The molecular formula is C28H30N2O5. The van der Waals surface area contributed by atoms with E-state index in [2.05, 4.69) is 24.5 Å². The summed E-state index contributed by atoms with van der Waals surface area (Å²) < 4.78 is 10.8. The average Bonchev–Trinajstić information content (AvgIpc) is 2.83. The molecule has 0 heterocycles. The second-order valence-corrected chi connectivity index (χ2v) is 8.48. The molecular weight excluding hydrogens is 444 g/mol. The van der Waals surface area contributed by atoms with Gasteiger partial charge in [-0.3, -0.25) is 14.4 Å². The van der Waals surface area contributed by atoms with E-state index in [4.69, 9.17) is 9.47 Å². The Morgan fingerprint density at radius 2 is 1.57 bits per heavy atom. The van der Waals surface area contributed by atoms with Crippen molar-refractivity contribution in [3.05, 3.63) is 89.5 Å². The number of anilines is 1. The van der Waals surface area contributed by atoms with E-state index in [0.29, 0.717) is 28.7 Å². The second-order valence-electron chi connectivity index (χ2n) is 8.48. The van der Waals surface area contributed by atoms with Gasteiger partial charge in [0.05, 0.1) is 0 Å². The van der Waals surface area contributed by atoms with Crippen LogP contribution in [-0.4, -0.2) is 23.9 Å². The molecule has 35 heavy (non-hydrogen) atoms. The summed E-state index contributed by atoms with van der Waals surface area (Å²) in [5.74, 6) is 0.326. The highest BCUT2D eigenvalue weighted by Crippen LogP contribution is 2.20. The molecule has 1 atom stereocenters. The summed E-state index contributed by atoms with van der Waals surface area (Å²) in [7, 11) is 0. The van der Waals surface area contributed by atoms with E-state index in [9.17, 15) is 14.4 Å². The third-order valence-electron chi connectivity index (χ3n) is 5.23. The maximum absolute atomic E-state index is 12.6. The van der Waals surface area contributed by atoms with Crippen LogP contribution in [0.5, 0.6) is 11.5 Å². The van der Waals surface area contributed by atoms with Gasteiger partial charge in [0.15, 0.2) is 6.10 Å². The zero-order chi connectivity index (χ0) is 25.4. The summed E-state index contributed by atoms with van der Waals surface area (Å²) in [5.41, 5.74) is 2.99. The summed E-state index contributed by atoms with van der Waals surface area (Å²) in [4.78, 5) is 36.2. The number of carbonyl (C=O) groups is 3. The minimum absolute atomic E-state index is 0.259. The average molecular weight is 475 g/mol. The molecule has 3 aromatic rings. The summed E-state index contributed by atoms with van der Waals surface area (Å²) >= 11 is 0. The van der Waals surface area contributed by atoms with E-state index >= 15 is 0 Å². The van der Waals surface area contributed by atoms with Crippen molar-refractivity contribution < 1.29 is 23.9 Å². The van der Waals surface area contributed by atoms with Crippen LogP contribution in [0.25, 0.3) is 0 Å². The summed E-state index contributed by atoms with van der Waals surface area (Å²) in [6.45, 7) is 7.49. The highest BCUT2D eigenvalue weighted by atomic mass is 16.5. The molecule has 0 spiro atoms. The highest BCUT2D eigenvalue weighted by Gasteiger charge is 2.15. The van der Waals surface area contributed by atoms with E-state index in [-0.39, 0.29) is 18.4 Å². The van der Waals surface area contributed by atoms with Gasteiger partial charge in [-0.15, -0.1) is 0 Å². The van der Waals surface area contributed by atoms with Gasteiger partial charge in [-0.2, -0.15) is 0 Å². The van der Waals surface area contributed by atoms with Gasteiger partial charge in [0.25, 0.3) is 11.8 Å². The Labute approximate surface area is 205 Å². The molecule has 0 aliphatic carbocycles. The summed E-state index contributed by atoms with van der Waals surface area (Å²) in [5, 5.41) is 5.68. The number of hydrogen-bond donors (Lipinski definition) is 2. The van der Waals surface area contributed by atoms with Crippen molar-refractivity contribution in [1.82, 2.24) is 5.32 Å². The van der Waals surface area contributed by atoms with Gasteiger partial charge in [-0.25, -0.2) is 0 Å². The molecule has 0 saturated heterocycles. The van der Waals surface area contributed by atoms with E-state index < -0.39 is 12.1 Å². The molecule has 2 N–H and O–H groups in total. The Morgan fingerprint density at radius 1 is 0.857 bits per heavy atom. The lowest BCUT2D eigenvalue weighted by molar-refractivity contribution is -0.131. The Bertz CT molecular complexity index is 1190. The molecule has 7 heteroatoms. The fraction of sp³-hybridized carbons (Fsp3) is 0.250. The number of hydrogen-bond acceptors (Lipinski definition) is 5. The summed E-state index contributed by atoms with van der Waals surface area (Å²) in [6, 6.07) is 21.3. The number of benzene rings is 3. The van der Waals surface area contributed by atoms with Gasteiger partial charge in [0.1, 0.15) is 11.5 Å². The number of rotatable bonds is 9. The van der Waals surface area contributed by atoms with Gasteiger partial charge in [-0.05, 0) is 66.4 Å². The molecule has 3 rings (SSSR count). The SMILES string of the molecule is CC(=O)Oc1cccc(C(=O)NCc2cccc(NC(=O)C(C)Oc3ccc(C(C)C)cc3)c2)c1. The monoisotopic (exact) mass is 474 g/mol. The Kier molecular flexibility index (Phi) is 8.62. The Balaban J connectivity index is 1.55. The standard InChI is InChI=1S/C28H30N2O5/c1-18(2)22-11-13-25(14-12-22)34-19(3)27(32)30-24-9-5-7-21(15-24)17-29-28(33)23-8-6-10-26(16-23)35-20(4)31/h5-16,18-19H,17H2,1-4H3,(H,29,33)(H,30,32). The van der Waals surface area contributed by atoms with E-state index in [1.54, 1.807) is 43.3 Å². The first-order chi connectivity index (χ1) is 16.7. The lowest BCUT2D eigenvalue weighted by Crippen LogP contribution is -2.30. The van der Waals surface area contributed by atoms with Gasteiger partial charge in [0.2, 0.25) is 0 Å². The van der Waals surface area contributed by atoms with Crippen LogP contribution in [0.4, 0.5) is 5.69 Å². The van der Waals surface area contributed by atoms with Gasteiger partial charge >= 0.3 is 5.97 Å². The quantitative estimate of drug-likeness (QED) is 0.334. The van der Waals surface area contributed by atoms with Crippen molar-refractivity contribution in [1.29, 1.82) is 0 Å². The molecule has 0 aliphatic rings. The molecule has 182 valence electrons. The number of ether oxygens (including phenoxy) is 2. The number of carbonyl (C=O) groups excluding carboxylic acids is 3. The van der Waals surface area contributed by atoms with Crippen LogP contribution < -0.4 is 20.1 Å². The molecule has 0 aromatic heterocycles. The predicted molar refractivity (Wildman–Crippen MR) is 135 cm³/mol. The maximum Gasteiger partial charge on any atom is 0.308 e. The first-order valence-corrected chi connectivity index (χ1v) is 11.4. The Hall–Kier alpha value is -4.13.